The van der Waals surface area contributed by atoms with E-state index in [4.69, 9.17) is 23.2 Å². The lowest BCUT2D eigenvalue weighted by Gasteiger charge is -2.27. The van der Waals surface area contributed by atoms with Crippen molar-refractivity contribution in [2.75, 3.05) is 44.6 Å². The summed E-state index contributed by atoms with van der Waals surface area (Å²) < 4.78 is 0. The molecule has 10 heteroatoms. The second-order valence-corrected chi connectivity index (χ2v) is 9.51. The molecule has 4 rings (SSSR count). The molecular weight excluding hydrogens is 497 g/mol. The zero-order chi connectivity index (χ0) is 25.3. The van der Waals surface area contributed by atoms with E-state index in [1.807, 2.05) is 37.3 Å². The van der Waals surface area contributed by atoms with Crippen molar-refractivity contribution in [2.45, 2.75) is 25.8 Å². The summed E-state index contributed by atoms with van der Waals surface area (Å²) in [4.78, 5) is 28.6. The van der Waals surface area contributed by atoms with Crippen molar-refractivity contribution in [3.63, 3.8) is 0 Å². The highest BCUT2D eigenvalue weighted by Crippen LogP contribution is 2.27. The molecule has 1 atom stereocenters. The SMILES string of the molecule is Cc1nc(-c2cccc(Cl)n2)nc(NC[C@H](NC(=O)CCCN2CCNCC2)c2ccccc2)c1Cl. The Balaban J connectivity index is 1.43. The smallest absolute Gasteiger partial charge is 0.220 e. The number of halogens is 2. The van der Waals surface area contributed by atoms with Gasteiger partial charge in [-0.3, -0.25) is 4.79 Å². The second-order valence-electron chi connectivity index (χ2n) is 8.75. The number of anilines is 1. The summed E-state index contributed by atoms with van der Waals surface area (Å²) in [7, 11) is 0. The average Bonchev–Trinajstić information content (AvgIpc) is 2.89. The monoisotopic (exact) mass is 527 g/mol. The molecule has 1 aliphatic rings. The van der Waals surface area contributed by atoms with Gasteiger partial charge in [0.1, 0.15) is 21.7 Å². The topological polar surface area (TPSA) is 95.1 Å². The first-order valence-corrected chi connectivity index (χ1v) is 12.9. The fourth-order valence-electron chi connectivity index (χ4n) is 4.12. The molecule has 36 heavy (non-hydrogen) atoms. The van der Waals surface area contributed by atoms with Gasteiger partial charge in [-0.05, 0) is 37.6 Å². The van der Waals surface area contributed by atoms with E-state index in [1.165, 1.54) is 0 Å². The van der Waals surface area contributed by atoms with Crippen LogP contribution in [0.3, 0.4) is 0 Å². The molecule has 1 saturated heterocycles. The molecule has 1 aliphatic heterocycles. The van der Waals surface area contributed by atoms with Crippen LogP contribution < -0.4 is 16.0 Å². The van der Waals surface area contributed by atoms with Crippen molar-refractivity contribution in [3.8, 4) is 11.5 Å². The number of piperazine rings is 1. The summed E-state index contributed by atoms with van der Waals surface area (Å²) in [6.07, 6.45) is 1.30. The van der Waals surface area contributed by atoms with Crippen LogP contribution in [0, 0.1) is 6.92 Å². The Morgan fingerprint density at radius 3 is 2.58 bits per heavy atom. The Morgan fingerprint density at radius 1 is 1.06 bits per heavy atom. The molecular formula is C26H31Cl2N7O. The van der Waals surface area contributed by atoms with Crippen LogP contribution in [-0.4, -0.2) is 65.0 Å². The number of aryl methyl sites for hydroxylation is 1. The number of rotatable bonds is 10. The van der Waals surface area contributed by atoms with Gasteiger partial charge in [-0.2, -0.15) is 0 Å². The molecule has 1 fully saturated rings. The average molecular weight is 528 g/mol. The number of amides is 1. The zero-order valence-electron chi connectivity index (χ0n) is 20.3. The number of nitrogens with zero attached hydrogens (tertiary/aromatic N) is 4. The summed E-state index contributed by atoms with van der Waals surface area (Å²) in [5.41, 5.74) is 2.18. The molecule has 8 nitrogen and oxygen atoms in total. The molecule has 0 aliphatic carbocycles. The fourth-order valence-corrected chi connectivity index (χ4v) is 4.44. The number of hydrogen-bond acceptors (Lipinski definition) is 7. The molecule has 0 unspecified atom stereocenters. The van der Waals surface area contributed by atoms with Crippen molar-refractivity contribution in [2.24, 2.45) is 0 Å². The third-order valence-corrected chi connectivity index (χ3v) is 6.72. The van der Waals surface area contributed by atoms with Crippen molar-refractivity contribution in [1.82, 2.24) is 30.5 Å². The lowest BCUT2D eigenvalue weighted by Crippen LogP contribution is -2.44. The van der Waals surface area contributed by atoms with Crippen LogP contribution in [0.1, 0.15) is 30.1 Å². The lowest BCUT2D eigenvalue weighted by molar-refractivity contribution is -0.121. The summed E-state index contributed by atoms with van der Waals surface area (Å²) in [6.45, 7) is 7.24. The largest absolute Gasteiger partial charge is 0.366 e. The predicted octanol–water partition coefficient (Wildman–Crippen LogP) is 4.11. The summed E-state index contributed by atoms with van der Waals surface area (Å²) in [6, 6.07) is 14.9. The second kappa shape index (κ2) is 13.0. The predicted molar refractivity (Wildman–Crippen MR) is 144 cm³/mol. The number of carbonyl (C=O) groups is 1. The van der Waals surface area contributed by atoms with E-state index < -0.39 is 0 Å². The number of aromatic nitrogens is 3. The minimum absolute atomic E-state index is 0.0227. The van der Waals surface area contributed by atoms with Crippen LogP contribution in [0.5, 0.6) is 0 Å². The molecule has 3 heterocycles. The molecule has 1 amide bonds. The molecule has 190 valence electrons. The Morgan fingerprint density at radius 2 is 1.83 bits per heavy atom. The van der Waals surface area contributed by atoms with E-state index in [0.29, 0.717) is 46.2 Å². The third-order valence-electron chi connectivity index (χ3n) is 6.06. The molecule has 0 radical (unpaired) electrons. The first-order chi connectivity index (χ1) is 17.5. The minimum atomic E-state index is -0.253. The van der Waals surface area contributed by atoms with Gasteiger partial charge in [-0.1, -0.05) is 59.6 Å². The minimum Gasteiger partial charge on any atom is -0.366 e. The van der Waals surface area contributed by atoms with Gasteiger partial charge in [-0.25, -0.2) is 15.0 Å². The van der Waals surface area contributed by atoms with Gasteiger partial charge in [0.15, 0.2) is 5.82 Å². The summed E-state index contributed by atoms with van der Waals surface area (Å²) >= 11 is 12.6. The maximum atomic E-state index is 12.8. The molecule has 0 saturated carbocycles. The van der Waals surface area contributed by atoms with Gasteiger partial charge in [0, 0.05) is 39.1 Å². The first kappa shape index (κ1) is 26.3. The Labute approximate surface area is 221 Å². The van der Waals surface area contributed by atoms with E-state index in [9.17, 15) is 4.79 Å². The first-order valence-electron chi connectivity index (χ1n) is 12.2. The van der Waals surface area contributed by atoms with Crippen LogP contribution >= 0.6 is 23.2 Å². The Kier molecular flexibility index (Phi) is 9.47. The quantitative estimate of drug-likeness (QED) is 0.341. The highest BCUT2D eigenvalue weighted by molar-refractivity contribution is 6.33. The Hall–Kier alpha value is -2.78. The van der Waals surface area contributed by atoms with E-state index in [0.717, 1.165) is 44.7 Å². The molecule has 2 aromatic heterocycles. The molecule has 0 spiro atoms. The van der Waals surface area contributed by atoms with E-state index in [2.05, 4.69) is 35.8 Å². The summed E-state index contributed by atoms with van der Waals surface area (Å²) in [5, 5.41) is 10.6. The van der Waals surface area contributed by atoms with Gasteiger partial charge in [-0.15, -0.1) is 0 Å². The number of pyridine rings is 1. The van der Waals surface area contributed by atoms with Gasteiger partial charge < -0.3 is 20.9 Å². The summed E-state index contributed by atoms with van der Waals surface area (Å²) in [5.74, 6) is 0.930. The zero-order valence-corrected chi connectivity index (χ0v) is 21.8. The van der Waals surface area contributed by atoms with Gasteiger partial charge in [0.25, 0.3) is 0 Å². The van der Waals surface area contributed by atoms with Crippen LogP contribution in [0.15, 0.2) is 48.5 Å². The van der Waals surface area contributed by atoms with Crippen LogP contribution in [0.4, 0.5) is 5.82 Å². The van der Waals surface area contributed by atoms with E-state index in [-0.39, 0.29) is 11.9 Å². The molecule has 3 aromatic rings. The molecule has 0 bridgehead atoms. The standard InChI is InChI=1S/C26H31Cl2N7O/c1-18-24(28)26(34-25(31-18)20-9-5-10-22(27)32-20)30-17-21(19-7-3-2-4-8-19)33-23(36)11-6-14-35-15-12-29-13-16-35/h2-5,7-10,21,29H,6,11-17H2,1H3,(H,33,36)(H,30,31,34)/t21-/m0/s1. The van der Waals surface area contributed by atoms with Crippen molar-refractivity contribution < 1.29 is 4.79 Å². The maximum absolute atomic E-state index is 12.8. The lowest BCUT2D eigenvalue weighted by atomic mass is 10.1. The van der Waals surface area contributed by atoms with Crippen LogP contribution in [0.25, 0.3) is 11.5 Å². The van der Waals surface area contributed by atoms with E-state index in [1.54, 1.807) is 18.2 Å². The Bertz CT molecular complexity index is 1160. The van der Waals surface area contributed by atoms with Gasteiger partial charge >= 0.3 is 0 Å². The number of hydrogen-bond donors (Lipinski definition) is 3. The van der Waals surface area contributed by atoms with Crippen molar-refractivity contribution in [1.29, 1.82) is 0 Å². The molecule has 1 aromatic carbocycles. The number of carbonyl (C=O) groups excluding carboxylic acids is 1. The highest BCUT2D eigenvalue weighted by Gasteiger charge is 2.18. The highest BCUT2D eigenvalue weighted by atomic mass is 35.5. The van der Waals surface area contributed by atoms with Crippen LogP contribution in [0.2, 0.25) is 10.2 Å². The number of benzene rings is 1. The van der Waals surface area contributed by atoms with Gasteiger partial charge in [0.2, 0.25) is 5.91 Å². The fraction of sp³-hybridized carbons (Fsp3) is 0.385. The van der Waals surface area contributed by atoms with Crippen LogP contribution in [-0.2, 0) is 4.79 Å². The van der Waals surface area contributed by atoms with Gasteiger partial charge in [0.05, 0.1) is 11.7 Å². The van der Waals surface area contributed by atoms with Crippen molar-refractivity contribution in [3.05, 3.63) is 70.0 Å². The number of nitrogens with one attached hydrogen (secondary N) is 3. The van der Waals surface area contributed by atoms with Crippen molar-refractivity contribution >= 4 is 34.9 Å². The van der Waals surface area contributed by atoms with E-state index >= 15 is 0 Å². The molecule has 3 N–H and O–H groups in total. The maximum Gasteiger partial charge on any atom is 0.220 e. The normalized spacial score (nSPS) is 14.9. The third kappa shape index (κ3) is 7.36.